The summed E-state index contributed by atoms with van der Waals surface area (Å²) in [4.78, 5) is 25.5. The number of hydrogen-bond acceptors (Lipinski definition) is 6. The highest BCUT2D eigenvalue weighted by molar-refractivity contribution is 8.26. The first-order chi connectivity index (χ1) is 14.5. The Hall–Kier alpha value is -2.84. The first-order valence-electron chi connectivity index (χ1n) is 9.44. The minimum atomic E-state index is -0.364. The third-order valence-corrected chi connectivity index (χ3v) is 5.49. The fourth-order valence-corrected chi connectivity index (χ4v) is 3.95. The van der Waals surface area contributed by atoms with E-state index >= 15 is 0 Å². The van der Waals surface area contributed by atoms with Crippen LogP contribution in [0.1, 0.15) is 24.5 Å². The predicted octanol–water partition coefficient (Wildman–Crippen LogP) is 3.96. The van der Waals surface area contributed by atoms with Crippen LogP contribution in [0, 0.1) is 0 Å². The van der Waals surface area contributed by atoms with Gasteiger partial charge in [0, 0.05) is 0 Å². The minimum absolute atomic E-state index is 0.160. The Morgan fingerprint density at radius 3 is 2.67 bits per heavy atom. The molecule has 1 saturated heterocycles. The number of rotatable bonds is 8. The average molecular weight is 443 g/mol. The number of nitrogens with one attached hydrogen (secondary N) is 1. The molecule has 0 bridgehead atoms. The molecule has 6 nitrogen and oxygen atoms in total. The molecule has 0 spiro atoms. The zero-order valence-corrected chi connectivity index (χ0v) is 18.3. The summed E-state index contributed by atoms with van der Waals surface area (Å²) in [5, 5.41) is 1.12. The molecule has 1 heterocycles. The van der Waals surface area contributed by atoms with Gasteiger partial charge in [0.1, 0.15) is 0 Å². The van der Waals surface area contributed by atoms with Crippen LogP contribution in [0.5, 0.6) is 11.5 Å². The second-order valence-corrected chi connectivity index (χ2v) is 8.15. The zero-order chi connectivity index (χ0) is 21.5. The monoisotopic (exact) mass is 442 g/mol. The highest BCUT2D eigenvalue weighted by atomic mass is 32.2. The van der Waals surface area contributed by atoms with E-state index in [-0.39, 0.29) is 22.6 Å². The molecule has 3 rings (SSSR count). The summed E-state index contributed by atoms with van der Waals surface area (Å²) < 4.78 is 11.3. The molecule has 0 unspecified atom stereocenters. The molecule has 0 saturated carbocycles. The molecule has 2 amide bonds. The van der Waals surface area contributed by atoms with E-state index in [2.05, 4.69) is 5.43 Å². The quantitative estimate of drug-likeness (QED) is 0.493. The van der Waals surface area contributed by atoms with Crippen molar-refractivity contribution in [2.24, 2.45) is 0 Å². The third-order valence-electron chi connectivity index (χ3n) is 4.18. The summed E-state index contributed by atoms with van der Waals surface area (Å²) in [6.07, 6.45) is 2.77. The van der Waals surface area contributed by atoms with E-state index in [1.165, 1.54) is 0 Å². The van der Waals surface area contributed by atoms with Gasteiger partial charge in [-0.25, -0.2) is 0 Å². The van der Waals surface area contributed by atoms with Crippen LogP contribution in [0.2, 0.25) is 0 Å². The standard InChI is InChI=1S/C22H22N2O4S2/c1-3-11-28-17-10-9-16(12-18(17)27-2)13-19-21(26)24(22(29)30-19)23-20(25)14-15-7-5-4-6-8-15/h4-10,12-13H,3,11,14H2,1-2H3,(H,23,25)/b19-13-. The molecule has 1 aliphatic rings. The topological polar surface area (TPSA) is 67.9 Å². The summed E-state index contributed by atoms with van der Waals surface area (Å²) in [7, 11) is 1.57. The van der Waals surface area contributed by atoms with Gasteiger partial charge >= 0.3 is 0 Å². The fourth-order valence-electron chi connectivity index (χ4n) is 2.77. The molecule has 1 aliphatic heterocycles. The molecule has 1 fully saturated rings. The number of hydrogen-bond donors (Lipinski definition) is 1. The summed E-state index contributed by atoms with van der Waals surface area (Å²) in [5.41, 5.74) is 4.22. The number of ether oxygens (including phenoxy) is 2. The molecular formula is C22H22N2O4S2. The van der Waals surface area contributed by atoms with Crippen LogP contribution < -0.4 is 14.9 Å². The van der Waals surface area contributed by atoms with E-state index < -0.39 is 0 Å². The lowest BCUT2D eigenvalue weighted by Gasteiger charge is -2.15. The Morgan fingerprint density at radius 1 is 1.20 bits per heavy atom. The van der Waals surface area contributed by atoms with Crippen LogP contribution in [0.25, 0.3) is 6.08 Å². The largest absolute Gasteiger partial charge is 0.493 e. The van der Waals surface area contributed by atoms with E-state index in [1.807, 2.05) is 49.4 Å². The van der Waals surface area contributed by atoms with Gasteiger partial charge in [0.25, 0.3) is 5.91 Å². The van der Waals surface area contributed by atoms with Gasteiger partial charge in [0.2, 0.25) is 5.91 Å². The van der Waals surface area contributed by atoms with Gasteiger partial charge in [-0.1, -0.05) is 55.1 Å². The molecule has 156 valence electrons. The molecule has 0 radical (unpaired) electrons. The van der Waals surface area contributed by atoms with Gasteiger partial charge in [-0.2, -0.15) is 5.01 Å². The van der Waals surface area contributed by atoms with Crippen molar-refractivity contribution in [3.05, 3.63) is 64.6 Å². The van der Waals surface area contributed by atoms with Crippen molar-refractivity contribution in [1.29, 1.82) is 0 Å². The van der Waals surface area contributed by atoms with E-state index in [4.69, 9.17) is 21.7 Å². The zero-order valence-electron chi connectivity index (χ0n) is 16.7. The van der Waals surface area contributed by atoms with Gasteiger partial charge < -0.3 is 9.47 Å². The maximum atomic E-state index is 12.7. The van der Waals surface area contributed by atoms with E-state index in [0.717, 1.165) is 34.3 Å². The molecule has 2 aromatic carbocycles. The third kappa shape index (κ3) is 5.40. The number of benzene rings is 2. The predicted molar refractivity (Wildman–Crippen MR) is 122 cm³/mol. The van der Waals surface area contributed by atoms with Crippen molar-refractivity contribution >= 4 is 46.2 Å². The Kier molecular flexibility index (Phi) is 7.48. The average Bonchev–Trinajstić information content (AvgIpc) is 3.00. The maximum absolute atomic E-state index is 12.7. The highest BCUT2D eigenvalue weighted by Gasteiger charge is 2.33. The lowest BCUT2D eigenvalue weighted by atomic mass is 10.1. The molecule has 0 aliphatic carbocycles. The van der Waals surface area contributed by atoms with Gasteiger partial charge in [-0.15, -0.1) is 0 Å². The molecule has 8 heteroatoms. The van der Waals surface area contributed by atoms with Gasteiger partial charge in [-0.05, 0) is 48.0 Å². The van der Waals surface area contributed by atoms with Gasteiger partial charge in [0.15, 0.2) is 15.8 Å². The molecule has 1 N–H and O–H groups in total. The number of thiocarbonyl (C=S) groups is 1. The fraction of sp³-hybridized carbons (Fsp3) is 0.227. The first-order valence-corrected chi connectivity index (χ1v) is 10.7. The van der Waals surface area contributed by atoms with Crippen LogP contribution in [0.15, 0.2) is 53.4 Å². The summed E-state index contributed by atoms with van der Waals surface area (Å²) in [5.74, 6) is 0.565. The molecule has 30 heavy (non-hydrogen) atoms. The van der Waals surface area contributed by atoms with Crippen LogP contribution in [-0.2, 0) is 16.0 Å². The number of hydrazine groups is 1. The Labute approximate surface area is 185 Å². The number of amides is 2. The maximum Gasteiger partial charge on any atom is 0.285 e. The van der Waals surface area contributed by atoms with Crippen molar-refractivity contribution in [3.63, 3.8) is 0 Å². The van der Waals surface area contributed by atoms with Crippen molar-refractivity contribution in [1.82, 2.24) is 10.4 Å². The van der Waals surface area contributed by atoms with E-state index in [9.17, 15) is 9.59 Å². The van der Waals surface area contributed by atoms with Crippen molar-refractivity contribution in [3.8, 4) is 11.5 Å². The Balaban J connectivity index is 1.70. The van der Waals surface area contributed by atoms with E-state index in [0.29, 0.717) is 23.0 Å². The lowest BCUT2D eigenvalue weighted by molar-refractivity contribution is -0.132. The smallest absolute Gasteiger partial charge is 0.285 e. The SMILES string of the molecule is CCCOc1ccc(/C=C2\SC(=S)N(NC(=O)Cc3ccccc3)C2=O)cc1OC. The second-order valence-electron chi connectivity index (χ2n) is 6.47. The van der Waals surface area contributed by atoms with E-state index in [1.54, 1.807) is 19.3 Å². The first kappa shape index (κ1) is 21.9. The Morgan fingerprint density at radius 2 is 1.97 bits per heavy atom. The Bertz CT molecular complexity index is 976. The second kappa shape index (κ2) is 10.3. The minimum Gasteiger partial charge on any atom is -0.493 e. The molecule has 2 aromatic rings. The normalized spacial score (nSPS) is 14.9. The molecular weight excluding hydrogens is 420 g/mol. The van der Waals surface area contributed by atoms with Crippen LogP contribution in [0.3, 0.4) is 0 Å². The van der Waals surface area contributed by atoms with Crippen molar-refractivity contribution in [2.75, 3.05) is 13.7 Å². The van der Waals surface area contributed by atoms with Crippen LogP contribution in [0.4, 0.5) is 0 Å². The summed E-state index contributed by atoms with van der Waals surface area (Å²) in [6.45, 7) is 2.62. The molecule has 0 atom stereocenters. The van der Waals surface area contributed by atoms with Crippen LogP contribution in [-0.4, -0.2) is 34.9 Å². The highest BCUT2D eigenvalue weighted by Crippen LogP contribution is 2.34. The van der Waals surface area contributed by atoms with Crippen molar-refractivity contribution in [2.45, 2.75) is 19.8 Å². The number of carbonyl (C=O) groups is 2. The number of nitrogens with zero attached hydrogens (tertiary/aromatic N) is 1. The number of thioether (sulfide) groups is 1. The summed E-state index contributed by atoms with van der Waals surface area (Å²) >= 11 is 6.42. The number of carbonyl (C=O) groups excluding carboxylic acids is 2. The van der Waals surface area contributed by atoms with Gasteiger partial charge in [0.05, 0.1) is 25.0 Å². The lowest BCUT2D eigenvalue weighted by Crippen LogP contribution is -2.45. The number of methoxy groups -OCH3 is 1. The molecule has 0 aromatic heterocycles. The van der Waals surface area contributed by atoms with Crippen LogP contribution >= 0.6 is 24.0 Å². The van der Waals surface area contributed by atoms with Gasteiger partial charge in [-0.3, -0.25) is 15.0 Å². The van der Waals surface area contributed by atoms with Crippen molar-refractivity contribution < 1.29 is 19.1 Å². The summed E-state index contributed by atoms with van der Waals surface area (Å²) in [6, 6.07) is 14.7.